The highest BCUT2D eigenvalue weighted by molar-refractivity contribution is 6.39. The topological polar surface area (TPSA) is 82.6 Å². The highest BCUT2D eigenvalue weighted by Crippen LogP contribution is 2.30. The van der Waals surface area contributed by atoms with Crippen molar-refractivity contribution in [2.24, 2.45) is 0 Å². The number of amides is 2. The van der Waals surface area contributed by atoms with Crippen LogP contribution in [0.15, 0.2) is 42.6 Å². The summed E-state index contributed by atoms with van der Waals surface area (Å²) < 4.78 is 38.2. The summed E-state index contributed by atoms with van der Waals surface area (Å²) in [6.07, 6.45) is -0.215. The van der Waals surface area contributed by atoms with Gasteiger partial charge in [0.05, 0.1) is 5.56 Å². The van der Waals surface area contributed by atoms with E-state index in [2.05, 4.69) is 10.3 Å². The fourth-order valence-corrected chi connectivity index (χ4v) is 3.94. The van der Waals surface area contributed by atoms with Crippen LogP contribution < -0.4 is 10.2 Å². The SMILES string of the molecule is C[C@@H]1CN(c2ccc(C(F)(F)F)cn2)CCN1C(=O)C(=O)Nc1ccc2c(c1)C=CC(=O)C2. The summed E-state index contributed by atoms with van der Waals surface area (Å²) in [5.74, 6) is -1.08. The van der Waals surface area contributed by atoms with E-state index in [1.165, 1.54) is 17.0 Å². The number of halogens is 3. The number of aromatic nitrogens is 1. The Morgan fingerprint density at radius 3 is 2.58 bits per heavy atom. The lowest BCUT2D eigenvalue weighted by Crippen LogP contribution is -2.56. The summed E-state index contributed by atoms with van der Waals surface area (Å²) >= 11 is 0. The van der Waals surface area contributed by atoms with Crippen LogP contribution in [0.2, 0.25) is 0 Å². The van der Waals surface area contributed by atoms with Crippen LogP contribution >= 0.6 is 0 Å². The van der Waals surface area contributed by atoms with E-state index in [4.69, 9.17) is 0 Å². The summed E-state index contributed by atoms with van der Waals surface area (Å²) in [4.78, 5) is 43.9. The first kappa shape index (κ1) is 22.5. The van der Waals surface area contributed by atoms with Crippen molar-refractivity contribution in [3.05, 3.63) is 59.3 Å². The third kappa shape index (κ3) is 4.89. The molecule has 0 spiro atoms. The molecule has 1 saturated heterocycles. The predicted octanol–water partition coefficient (Wildman–Crippen LogP) is 2.91. The number of nitrogens with zero attached hydrogens (tertiary/aromatic N) is 3. The summed E-state index contributed by atoms with van der Waals surface area (Å²) in [5.41, 5.74) is 1.29. The number of nitrogens with one attached hydrogen (secondary N) is 1. The van der Waals surface area contributed by atoms with E-state index in [-0.39, 0.29) is 18.4 Å². The van der Waals surface area contributed by atoms with Gasteiger partial charge in [0.25, 0.3) is 0 Å². The molecule has 1 fully saturated rings. The van der Waals surface area contributed by atoms with Gasteiger partial charge in [-0.2, -0.15) is 13.2 Å². The zero-order valence-electron chi connectivity index (χ0n) is 17.7. The molecular weight excluding hydrogens is 437 g/mol. The van der Waals surface area contributed by atoms with Crippen molar-refractivity contribution in [1.29, 1.82) is 0 Å². The van der Waals surface area contributed by atoms with Crippen LogP contribution in [-0.2, 0) is 27.0 Å². The molecule has 1 aromatic heterocycles. The second kappa shape index (κ2) is 8.68. The lowest BCUT2D eigenvalue weighted by Gasteiger charge is -2.40. The summed E-state index contributed by atoms with van der Waals surface area (Å²) in [6, 6.07) is 7.03. The molecule has 0 saturated carbocycles. The third-order valence-electron chi connectivity index (χ3n) is 5.70. The van der Waals surface area contributed by atoms with Gasteiger partial charge in [-0.3, -0.25) is 14.4 Å². The molecule has 172 valence electrons. The number of benzene rings is 1. The summed E-state index contributed by atoms with van der Waals surface area (Å²) in [7, 11) is 0. The van der Waals surface area contributed by atoms with Crippen LogP contribution in [0.4, 0.5) is 24.7 Å². The van der Waals surface area contributed by atoms with E-state index in [1.807, 2.05) is 0 Å². The van der Waals surface area contributed by atoms with E-state index in [0.29, 0.717) is 31.0 Å². The van der Waals surface area contributed by atoms with Gasteiger partial charge in [0.15, 0.2) is 5.78 Å². The van der Waals surface area contributed by atoms with E-state index < -0.39 is 23.6 Å². The first-order valence-corrected chi connectivity index (χ1v) is 10.4. The van der Waals surface area contributed by atoms with Crippen molar-refractivity contribution in [2.45, 2.75) is 25.6 Å². The molecule has 10 heteroatoms. The van der Waals surface area contributed by atoms with Crippen molar-refractivity contribution in [3.8, 4) is 0 Å². The Hall–Kier alpha value is -3.69. The maximum atomic E-state index is 12.7. The molecular formula is C23H21F3N4O3. The summed E-state index contributed by atoms with van der Waals surface area (Å²) in [6.45, 7) is 2.65. The van der Waals surface area contributed by atoms with Crippen molar-refractivity contribution in [3.63, 3.8) is 0 Å². The number of hydrogen-bond donors (Lipinski definition) is 1. The number of anilines is 2. The van der Waals surface area contributed by atoms with Gasteiger partial charge in [0.1, 0.15) is 5.82 Å². The Morgan fingerprint density at radius 2 is 1.91 bits per heavy atom. The van der Waals surface area contributed by atoms with E-state index in [0.717, 1.165) is 23.4 Å². The average molecular weight is 458 g/mol. The van der Waals surface area contributed by atoms with Crippen LogP contribution in [0.1, 0.15) is 23.6 Å². The molecule has 2 aromatic rings. The van der Waals surface area contributed by atoms with Gasteiger partial charge in [0, 0.05) is 44.0 Å². The lowest BCUT2D eigenvalue weighted by molar-refractivity contribution is -0.144. The molecule has 1 aromatic carbocycles. The first-order chi connectivity index (χ1) is 15.6. The number of carbonyl (C=O) groups excluding carboxylic acids is 3. The van der Waals surface area contributed by atoms with Crippen LogP contribution in [0.3, 0.4) is 0 Å². The van der Waals surface area contributed by atoms with Crippen LogP contribution in [0.5, 0.6) is 0 Å². The van der Waals surface area contributed by atoms with Crippen LogP contribution in [0, 0.1) is 0 Å². The molecule has 1 N–H and O–H groups in total. The van der Waals surface area contributed by atoms with Crippen molar-refractivity contribution in [2.75, 3.05) is 29.9 Å². The number of hydrogen-bond acceptors (Lipinski definition) is 5. The minimum Gasteiger partial charge on any atom is -0.353 e. The zero-order chi connectivity index (χ0) is 23.8. The average Bonchev–Trinajstić information content (AvgIpc) is 2.78. The monoisotopic (exact) mass is 458 g/mol. The molecule has 0 unspecified atom stereocenters. The number of alkyl halides is 3. The van der Waals surface area contributed by atoms with Gasteiger partial charge in [-0.1, -0.05) is 12.1 Å². The van der Waals surface area contributed by atoms with Gasteiger partial charge in [-0.15, -0.1) is 0 Å². The number of ketones is 1. The minimum absolute atomic E-state index is 0.00842. The quantitative estimate of drug-likeness (QED) is 0.700. The Bertz CT molecular complexity index is 1130. The highest BCUT2D eigenvalue weighted by Gasteiger charge is 2.33. The molecule has 1 atom stereocenters. The van der Waals surface area contributed by atoms with E-state index in [9.17, 15) is 27.6 Å². The Labute approximate surface area is 187 Å². The van der Waals surface area contributed by atoms with E-state index in [1.54, 1.807) is 36.1 Å². The Morgan fingerprint density at radius 1 is 1.12 bits per heavy atom. The maximum Gasteiger partial charge on any atom is 0.417 e. The largest absolute Gasteiger partial charge is 0.417 e. The molecule has 2 amide bonds. The zero-order valence-corrected chi connectivity index (χ0v) is 17.7. The highest BCUT2D eigenvalue weighted by atomic mass is 19.4. The fraction of sp³-hybridized carbons (Fsp3) is 0.304. The number of fused-ring (bicyclic) bond motifs is 1. The third-order valence-corrected chi connectivity index (χ3v) is 5.70. The Kier molecular flexibility index (Phi) is 5.92. The molecule has 2 heterocycles. The molecule has 33 heavy (non-hydrogen) atoms. The molecule has 4 rings (SSSR count). The van der Waals surface area contributed by atoms with Gasteiger partial charge in [-0.05, 0) is 48.4 Å². The number of rotatable bonds is 2. The fourth-order valence-electron chi connectivity index (χ4n) is 3.94. The lowest BCUT2D eigenvalue weighted by atomic mass is 9.96. The standard InChI is InChI=1S/C23H21F3N4O3/c1-14-13-29(20-7-4-17(12-27-20)23(24,25)26)8-9-30(14)22(33)21(32)28-18-5-2-16-11-19(31)6-3-15(16)10-18/h2-7,10,12,14H,8-9,11,13H2,1H3,(H,28,32)/t14-/m1/s1. The molecule has 7 nitrogen and oxygen atoms in total. The molecule has 2 aliphatic rings. The van der Waals surface area contributed by atoms with Gasteiger partial charge in [-0.25, -0.2) is 4.98 Å². The second-order valence-corrected chi connectivity index (χ2v) is 8.04. The van der Waals surface area contributed by atoms with Gasteiger partial charge < -0.3 is 15.1 Å². The number of allylic oxidation sites excluding steroid dienone is 1. The van der Waals surface area contributed by atoms with E-state index >= 15 is 0 Å². The van der Waals surface area contributed by atoms with Gasteiger partial charge in [0.2, 0.25) is 0 Å². The minimum atomic E-state index is -4.46. The maximum absolute atomic E-state index is 12.7. The number of pyridine rings is 1. The molecule has 0 bridgehead atoms. The number of piperazine rings is 1. The summed E-state index contributed by atoms with van der Waals surface area (Å²) in [5, 5.41) is 2.60. The van der Waals surface area contributed by atoms with Crippen molar-refractivity contribution in [1.82, 2.24) is 9.88 Å². The molecule has 0 radical (unpaired) electrons. The van der Waals surface area contributed by atoms with Crippen molar-refractivity contribution >= 4 is 35.2 Å². The molecule has 1 aliphatic carbocycles. The smallest absolute Gasteiger partial charge is 0.353 e. The first-order valence-electron chi connectivity index (χ1n) is 10.4. The molecule has 1 aliphatic heterocycles. The van der Waals surface area contributed by atoms with Gasteiger partial charge >= 0.3 is 18.0 Å². The predicted molar refractivity (Wildman–Crippen MR) is 115 cm³/mol. The van der Waals surface area contributed by atoms with Crippen LogP contribution in [0.25, 0.3) is 6.08 Å². The normalized spacial score (nSPS) is 18.2. The van der Waals surface area contributed by atoms with Crippen LogP contribution in [-0.4, -0.2) is 53.2 Å². The van der Waals surface area contributed by atoms with Crippen molar-refractivity contribution < 1.29 is 27.6 Å². The second-order valence-electron chi connectivity index (χ2n) is 8.04. The Balaban J connectivity index is 1.37. The number of carbonyl (C=O) groups is 3.